The lowest BCUT2D eigenvalue weighted by Gasteiger charge is -2.12. The minimum atomic E-state index is -3.62. The highest BCUT2D eigenvalue weighted by atomic mass is 32.2. The van der Waals surface area contributed by atoms with Gasteiger partial charge in [-0.15, -0.1) is 0 Å². The Morgan fingerprint density at radius 2 is 2.00 bits per heavy atom. The molecule has 0 aliphatic carbocycles. The number of hydrogen-bond donors (Lipinski definition) is 1. The van der Waals surface area contributed by atoms with Gasteiger partial charge in [-0.1, -0.05) is 18.2 Å². The molecule has 1 heterocycles. The minimum Gasteiger partial charge on any atom is -0.496 e. The third-order valence-corrected chi connectivity index (χ3v) is 5.30. The molecule has 1 aromatic heterocycles. The summed E-state index contributed by atoms with van der Waals surface area (Å²) in [7, 11) is -2.06. The predicted octanol–water partition coefficient (Wildman–Crippen LogP) is 2.67. The summed E-state index contributed by atoms with van der Waals surface area (Å²) in [5.41, 5.74) is 2.51. The van der Waals surface area contributed by atoms with Crippen LogP contribution in [-0.2, 0) is 16.6 Å². The van der Waals surface area contributed by atoms with E-state index in [1.807, 2.05) is 42.0 Å². The molecule has 0 atom stereocenters. The molecule has 0 aliphatic rings. The Labute approximate surface area is 147 Å². The zero-order chi connectivity index (χ0) is 17.9. The number of nitrogens with one attached hydrogen (secondary N) is 1. The van der Waals surface area contributed by atoms with Crippen LogP contribution in [0.5, 0.6) is 5.75 Å². The first-order valence-electron chi connectivity index (χ1n) is 7.72. The van der Waals surface area contributed by atoms with Gasteiger partial charge in [0.05, 0.1) is 24.0 Å². The Morgan fingerprint density at radius 1 is 1.20 bits per heavy atom. The lowest BCUT2D eigenvalue weighted by molar-refractivity contribution is 0.411. The third kappa shape index (κ3) is 3.72. The largest absolute Gasteiger partial charge is 0.496 e. The zero-order valence-corrected chi connectivity index (χ0v) is 14.8. The van der Waals surface area contributed by atoms with Crippen molar-refractivity contribution in [2.24, 2.45) is 0 Å². The van der Waals surface area contributed by atoms with Gasteiger partial charge in [-0.05, 0) is 42.3 Å². The molecule has 0 radical (unpaired) electrons. The Bertz CT molecular complexity index is 967. The molecule has 0 bridgehead atoms. The summed E-state index contributed by atoms with van der Waals surface area (Å²) >= 11 is 0. The summed E-state index contributed by atoms with van der Waals surface area (Å²) in [6, 6.07) is 12.4. The van der Waals surface area contributed by atoms with Gasteiger partial charge >= 0.3 is 0 Å². The smallest absolute Gasteiger partial charge is 0.240 e. The maximum Gasteiger partial charge on any atom is 0.240 e. The molecular formula is C18H19N3O3S. The number of ether oxygens (including phenoxy) is 1. The van der Waals surface area contributed by atoms with E-state index in [9.17, 15) is 8.42 Å². The lowest BCUT2D eigenvalue weighted by Crippen LogP contribution is -2.24. The molecule has 2 aromatic carbocycles. The fraction of sp³-hybridized carbons (Fsp3) is 0.167. The SMILES string of the molecule is COc1ccc(S(=O)(=O)NCc2ccccc2-n2ccnc2)cc1C. The topological polar surface area (TPSA) is 73.2 Å². The van der Waals surface area contributed by atoms with E-state index in [4.69, 9.17) is 4.74 Å². The van der Waals surface area contributed by atoms with Gasteiger partial charge in [-0.25, -0.2) is 18.1 Å². The normalized spacial score (nSPS) is 11.4. The molecule has 0 aliphatic heterocycles. The molecule has 130 valence electrons. The van der Waals surface area contributed by atoms with Gasteiger partial charge in [-0.2, -0.15) is 0 Å². The molecule has 0 spiro atoms. The van der Waals surface area contributed by atoms with Crippen molar-refractivity contribution in [2.75, 3.05) is 7.11 Å². The van der Waals surface area contributed by atoms with E-state index in [0.717, 1.165) is 16.8 Å². The van der Waals surface area contributed by atoms with Crippen LogP contribution >= 0.6 is 0 Å². The number of benzene rings is 2. The van der Waals surface area contributed by atoms with Crippen molar-refractivity contribution in [1.82, 2.24) is 14.3 Å². The second-order valence-electron chi connectivity index (χ2n) is 5.55. The maximum atomic E-state index is 12.6. The van der Waals surface area contributed by atoms with E-state index in [1.54, 1.807) is 31.8 Å². The van der Waals surface area contributed by atoms with Crippen molar-refractivity contribution in [3.05, 3.63) is 72.3 Å². The number of rotatable bonds is 6. The first-order chi connectivity index (χ1) is 12.0. The van der Waals surface area contributed by atoms with Crippen LogP contribution in [0.1, 0.15) is 11.1 Å². The van der Waals surface area contributed by atoms with Crippen LogP contribution in [0.4, 0.5) is 0 Å². The highest BCUT2D eigenvalue weighted by molar-refractivity contribution is 7.89. The van der Waals surface area contributed by atoms with Crippen molar-refractivity contribution < 1.29 is 13.2 Å². The summed E-state index contributed by atoms with van der Waals surface area (Å²) in [4.78, 5) is 4.25. The highest BCUT2D eigenvalue weighted by Gasteiger charge is 2.16. The number of para-hydroxylation sites is 1. The maximum absolute atomic E-state index is 12.6. The fourth-order valence-corrected chi connectivity index (χ4v) is 3.68. The van der Waals surface area contributed by atoms with Gasteiger partial charge < -0.3 is 9.30 Å². The Kier molecular flexibility index (Phi) is 4.87. The Hall–Kier alpha value is -2.64. The molecule has 7 heteroatoms. The van der Waals surface area contributed by atoms with Crippen LogP contribution < -0.4 is 9.46 Å². The van der Waals surface area contributed by atoms with E-state index in [2.05, 4.69) is 9.71 Å². The summed E-state index contributed by atoms with van der Waals surface area (Å²) in [5, 5.41) is 0. The lowest BCUT2D eigenvalue weighted by atomic mass is 10.2. The number of imidazole rings is 1. The molecule has 25 heavy (non-hydrogen) atoms. The molecule has 0 unspecified atom stereocenters. The monoisotopic (exact) mass is 357 g/mol. The van der Waals surface area contributed by atoms with Gasteiger partial charge in [0.2, 0.25) is 10.0 Å². The standard InChI is InChI=1S/C18H19N3O3S/c1-14-11-16(7-8-18(14)24-2)25(22,23)20-12-15-5-3-4-6-17(15)21-10-9-19-13-21/h3-11,13,20H,12H2,1-2H3. The van der Waals surface area contributed by atoms with Crippen LogP contribution in [0.2, 0.25) is 0 Å². The number of methoxy groups -OCH3 is 1. The van der Waals surface area contributed by atoms with Crippen molar-refractivity contribution in [3.63, 3.8) is 0 Å². The van der Waals surface area contributed by atoms with E-state index >= 15 is 0 Å². The van der Waals surface area contributed by atoms with Crippen molar-refractivity contribution in [3.8, 4) is 11.4 Å². The van der Waals surface area contributed by atoms with E-state index in [0.29, 0.717) is 5.75 Å². The van der Waals surface area contributed by atoms with Crippen LogP contribution in [-0.4, -0.2) is 25.1 Å². The second-order valence-corrected chi connectivity index (χ2v) is 7.32. The molecule has 0 saturated carbocycles. The van der Waals surface area contributed by atoms with Gasteiger partial charge in [-0.3, -0.25) is 0 Å². The highest BCUT2D eigenvalue weighted by Crippen LogP contribution is 2.22. The quantitative estimate of drug-likeness (QED) is 0.736. The fourth-order valence-electron chi connectivity index (χ4n) is 2.59. The Balaban J connectivity index is 1.83. The van der Waals surface area contributed by atoms with Crippen molar-refractivity contribution >= 4 is 10.0 Å². The predicted molar refractivity (Wildman–Crippen MR) is 95.3 cm³/mol. The summed E-state index contributed by atoms with van der Waals surface area (Å²) in [6.45, 7) is 1.99. The first-order valence-corrected chi connectivity index (χ1v) is 9.20. The molecule has 3 rings (SSSR count). The van der Waals surface area contributed by atoms with Crippen LogP contribution in [0.15, 0.2) is 66.1 Å². The Morgan fingerprint density at radius 3 is 2.68 bits per heavy atom. The van der Waals surface area contributed by atoms with E-state index in [-0.39, 0.29) is 11.4 Å². The van der Waals surface area contributed by atoms with Crippen LogP contribution in [0.25, 0.3) is 5.69 Å². The molecule has 0 saturated heterocycles. The minimum absolute atomic E-state index is 0.182. The van der Waals surface area contributed by atoms with E-state index in [1.165, 1.54) is 6.07 Å². The summed E-state index contributed by atoms with van der Waals surface area (Å²) in [5.74, 6) is 0.657. The zero-order valence-electron chi connectivity index (χ0n) is 14.0. The van der Waals surface area contributed by atoms with Gasteiger partial charge in [0.1, 0.15) is 5.75 Å². The van der Waals surface area contributed by atoms with Crippen LogP contribution in [0, 0.1) is 6.92 Å². The molecule has 1 N–H and O–H groups in total. The number of aryl methyl sites for hydroxylation is 1. The molecule has 6 nitrogen and oxygen atoms in total. The summed E-state index contributed by atoms with van der Waals surface area (Å²) in [6.07, 6.45) is 5.18. The molecule has 0 amide bonds. The molecule has 3 aromatic rings. The summed E-state index contributed by atoms with van der Waals surface area (Å²) < 4.78 is 34.8. The van der Waals surface area contributed by atoms with Crippen LogP contribution in [0.3, 0.4) is 0 Å². The van der Waals surface area contributed by atoms with Gasteiger partial charge in [0.15, 0.2) is 0 Å². The molecule has 0 fully saturated rings. The van der Waals surface area contributed by atoms with E-state index < -0.39 is 10.0 Å². The average Bonchev–Trinajstić information content (AvgIpc) is 3.14. The number of hydrogen-bond acceptors (Lipinski definition) is 4. The van der Waals surface area contributed by atoms with Gasteiger partial charge in [0.25, 0.3) is 0 Å². The first kappa shape index (κ1) is 17.2. The van der Waals surface area contributed by atoms with Crippen molar-refractivity contribution in [2.45, 2.75) is 18.4 Å². The number of nitrogens with zero attached hydrogens (tertiary/aromatic N) is 2. The van der Waals surface area contributed by atoms with Crippen molar-refractivity contribution in [1.29, 1.82) is 0 Å². The average molecular weight is 357 g/mol. The van der Waals surface area contributed by atoms with Gasteiger partial charge in [0, 0.05) is 18.9 Å². The number of sulfonamides is 1. The number of aromatic nitrogens is 2. The third-order valence-electron chi connectivity index (χ3n) is 3.90. The second kappa shape index (κ2) is 7.08. The molecular weight excluding hydrogens is 338 g/mol.